The summed E-state index contributed by atoms with van der Waals surface area (Å²) in [6.07, 6.45) is 0. The maximum atomic E-state index is 12.5. The number of aromatic amines is 1. The molecule has 0 radical (unpaired) electrons. The molecule has 0 aliphatic heterocycles. The summed E-state index contributed by atoms with van der Waals surface area (Å²) >= 11 is 5.88. The third-order valence-corrected chi connectivity index (χ3v) is 4.20. The summed E-state index contributed by atoms with van der Waals surface area (Å²) in [7, 11) is 1.98. The highest BCUT2D eigenvalue weighted by atomic mass is 35.5. The Kier molecular flexibility index (Phi) is 5.39. The highest BCUT2D eigenvalue weighted by Gasteiger charge is 2.22. The van der Waals surface area contributed by atoms with Crippen molar-refractivity contribution in [3.05, 3.63) is 57.4 Å². The molecular weight excluding hydrogens is 312 g/mol. The molecule has 0 spiro atoms. The summed E-state index contributed by atoms with van der Waals surface area (Å²) in [5, 5.41) is 0.705. The minimum absolute atomic E-state index is 0.0165. The lowest BCUT2D eigenvalue weighted by Crippen LogP contribution is -3.08. The average Bonchev–Trinajstić information content (AvgIpc) is 2.76. The Morgan fingerprint density at radius 1 is 1.17 bits per heavy atom. The van der Waals surface area contributed by atoms with Gasteiger partial charge in [0, 0.05) is 21.8 Å². The molecule has 0 aliphatic rings. The number of aromatic nitrogens is 1. The summed E-state index contributed by atoms with van der Waals surface area (Å²) < 4.78 is 0. The van der Waals surface area contributed by atoms with Crippen molar-refractivity contribution < 1.29 is 14.5 Å². The first-order valence-corrected chi connectivity index (χ1v) is 7.96. The molecule has 2 rings (SSSR count). The summed E-state index contributed by atoms with van der Waals surface area (Å²) in [5.74, 6) is 0.00160. The number of hydrogen-bond acceptors (Lipinski definition) is 2. The quantitative estimate of drug-likeness (QED) is 0.797. The lowest BCUT2D eigenvalue weighted by molar-refractivity contribution is -0.884. The molecule has 5 heteroatoms. The molecule has 2 aromatic rings. The van der Waals surface area contributed by atoms with Crippen LogP contribution in [0.25, 0.3) is 0 Å². The number of carbonyl (C=O) groups is 2. The standard InChI is InChI=1S/C18H21ClN2O2/c1-11-17(13(3)22)12(2)20-18(11)16(23)10-21(4)9-14-5-7-15(19)8-6-14/h5-8,20H,9-10H2,1-4H3/p+1. The number of likely N-dealkylation sites (N-methyl/N-ethyl adjacent to an activating group) is 1. The van der Waals surface area contributed by atoms with Gasteiger partial charge in [0.25, 0.3) is 0 Å². The Labute approximate surface area is 141 Å². The van der Waals surface area contributed by atoms with Gasteiger partial charge < -0.3 is 9.88 Å². The molecule has 23 heavy (non-hydrogen) atoms. The molecule has 2 N–H and O–H groups in total. The number of halogens is 1. The van der Waals surface area contributed by atoms with Crippen LogP contribution in [-0.2, 0) is 6.54 Å². The van der Waals surface area contributed by atoms with Gasteiger partial charge in [0.15, 0.2) is 5.78 Å². The van der Waals surface area contributed by atoms with Crippen molar-refractivity contribution in [2.24, 2.45) is 0 Å². The molecule has 0 amide bonds. The van der Waals surface area contributed by atoms with Gasteiger partial charge in [-0.1, -0.05) is 23.7 Å². The van der Waals surface area contributed by atoms with E-state index in [1.807, 2.05) is 45.2 Å². The molecule has 1 heterocycles. The van der Waals surface area contributed by atoms with Gasteiger partial charge in [0.1, 0.15) is 13.1 Å². The molecule has 0 fully saturated rings. The SMILES string of the molecule is CC(=O)c1c(C)[nH]c(C(=O)C[NH+](C)Cc2ccc(Cl)cc2)c1C. The van der Waals surface area contributed by atoms with E-state index in [9.17, 15) is 9.59 Å². The number of ketones is 2. The van der Waals surface area contributed by atoms with Gasteiger partial charge in [-0.15, -0.1) is 0 Å². The number of aryl methyl sites for hydroxylation is 1. The first kappa shape index (κ1) is 17.4. The normalized spacial score (nSPS) is 12.2. The van der Waals surface area contributed by atoms with E-state index in [0.29, 0.717) is 22.8 Å². The molecule has 1 atom stereocenters. The van der Waals surface area contributed by atoms with Crippen LogP contribution in [0, 0.1) is 13.8 Å². The van der Waals surface area contributed by atoms with E-state index in [4.69, 9.17) is 11.6 Å². The molecule has 1 unspecified atom stereocenters. The lowest BCUT2D eigenvalue weighted by Gasteiger charge is -2.13. The zero-order valence-electron chi connectivity index (χ0n) is 13.9. The van der Waals surface area contributed by atoms with Crippen molar-refractivity contribution in [3.8, 4) is 0 Å². The Hall–Kier alpha value is -1.91. The van der Waals surface area contributed by atoms with Crippen LogP contribution < -0.4 is 4.90 Å². The molecule has 122 valence electrons. The fourth-order valence-corrected chi connectivity index (χ4v) is 3.06. The molecule has 0 saturated carbocycles. The Morgan fingerprint density at radius 3 is 2.30 bits per heavy atom. The van der Waals surface area contributed by atoms with Crippen LogP contribution in [0.4, 0.5) is 0 Å². The number of Topliss-reactive ketones (excluding diaryl/α,β-unsaturated/α-hetero) is 2. The summed E-state index contributed by atoms with van der Waals surface area (Å²) in [6.45, 7) is 6.27. The van der Waals surface area contributed by atoms with Gasteiger partial charge in [0.2, 0.25) is 5.78 Å². The Balaban J connectivity index is 2.08. The predicted octanol–water partition coefficient (Wildman–Crippen LogP) is 2.39. The summed E-state index contributed by atoms with van der Waals surface area (Å²) in [6, 6.07) is 7.63. The lowest BCUT2D eigenvalue weighted by atomic mass is 10.1. The molecule has 0 saturated heterocycles. The fraction of sp³-hybridized carbons (Fsp3) is 0.333. The van der Waals surface area contributed by atoms with Crippen LogP contribution in [0.1, 0.15) is 44.6 Å². The molecule has 1 aromatic carbocycles. The number of quaternary nitrogens is 1. The molecule has 0 aliphatic carbocycles. The van der Waals surface area contributed by atoms with Crippen LogP contribution >= 0.6 is 11.6 Å². The number of hydrogen-bond donors (Lipinski definition) is 2. The van der Waals surface area contributed by atoms with Gasteiger partial charge in [0.05, 0.1) is 12.7 Å². The van der Waals surface area contributed by atoms with Gasteiger partial charge in [-0.05, 0) is 38.5 Å². The molecule has 1 aromatic heterocycles. The van der Waals surface area contributed by atoms with E-state index in [1.165, 1.54) is 6.92 Å². The summed E-state index contributed by atoms with van der Waals surface area (Å²) in [5.41, 5.74) is 3.81. The third-order valence-electron chi connectivity index (χ3n) is 3.95. The first-order valence-electron chi connectivity index (χ1n) is 7.58. The fourth-order valence-electron chi connectivity index (χ4n) is 2.93. The minimum Gasteiger partial charge on any atom is -0.355 e. The van der Waals surface area contributed by atoms with Crippen molar-refractivity contribution in [2.75, 3.05) is 13.6 Å². The number of carbonyl (C=O) groups excluding carboxylic acids is 2. The molecular formula is C18H22ClN2O2+. The highest BCUT2D eigenvalue weighted by molar-refractivity contribution is 6.30. The van der Waals surface area contributed by atoms with Crippen LogP contribution in [0.5, 0.6) is 0 Å². The smallest absolute Gasteiger partial charge is 0.233 e. The van der Waals surface area contributed by atoms with Gasteiger partial charge in [-0.3, -0.25) is 9.59 Å². The second-order valence-corrected chi connectivity index (χ2v) is 6.48. The minimum atomic E-state index is -0.0165. The average molecular weight is 334 g/mol. The molecule has 0 bridgehead atoms. The van der Waals surface area contributed by atoms with E-state index in [1.54, 1.807) is 0 Å². The van der Waals surface area contributed by atoms with Crippen LogP contribution in [-0.4, -0.2) is 30.1 Å². The van der Waals surface area contributed by atoms with E-state index in [0.717, 1.165) is 28.3 Å². The Morgan fingerprint density at radius 2 is 1.78 bits per heavy atom. The van der Waals surface area contributed by atoms with Crippen molar-refractivity contribution in [1.29, 1.82) is 0 Å². The maximum absolute atomic E-state index is 12.5. The van der Waals surface area contributed by atoms with E-state index in [-0.39, 0.29) is 11.6 Å². The van der Waals surface area contributed by atoms with Gasteiger partial charge in [-0.25, -0.2) is 0 Å². The van der Waals surface area contributed by atoms with Crippen molar-refractivity contribution >= 4 is 23.2 Å². The van der Waals surface area contributed by atoms with Gasteiger partial charge in [-0.2, -0.15) is 0 Å². The van der Waals surface area contributed by atoms with Crippen molar-refractivity contribution in [3.63, 3.8) is 0 Å². The number of benzene rings is 1. The number of nitrogens with one attached hydrogen (secondary N) is 2. The molecule has 4 nitrogen and oxygen atoms in total. The van der Waals surface area contributed by atoms with Crippen LogP contribution in [0.2, 0.25) is 5.02 Å². The van der Waals surface area contributed by atoms with E-state index in [2.05, 4.69) is 4.98 Å². The Bertz CT molecular complexity index is 732. The van der Waals surface area contributed by atoms with Crippen LogP contribution in [0.15, 0.2) is 24.3 Å². The van der Waals surface area contributed by atoms with Crippen LogP contribution in [0.3, 0.4) is 0 Å². The maximum Gasteiger partial charge on any atom is 0.233 e. The van der Waals surface area contributed by atoms with E-state index < -0.39 is 0 Å². The highest BCUT2D eigenvalue weighted by Crippen LogP contribution is 2.18. The number of rotatable bonds is 6. The van der Waals surface area contributed by atoms with Crippen molar-refractivity contribution in [2.45, 2.75) is 27.3 Å². The van der Waals surface area contributed by atoms with Gasteiger partial charge >= 0.3 is 0 Å². The second kappa shape index (κ2) is 7.11. The summed E-state index contributed by atoms with van der Waals surface area (Å²) in [4.78, 5) is 28.3. The topological polar surface area (TPSA) is 54.4 Å². The zero-order chi connectivity index (χ0) is 17.1. The second-order valence-electron chi connectivity index (χ2n) is 6.04. The number of H-pyrrole nitrogens is 1. The van der Waals surface area contributed by atoms with Crippen molar-refractivity contribution in [1.82, 2.24) is 4.98 Å². The third kappa shape index (κ3) is 4.09. The monoisotopic (exact) mass is 333 g/mol. The predicted molar refractivity (Wildman–Crippen MR) is 91.5 cm³/mol. The zero-order valence-corrected chi connectivity index (χ0v) is 14.7. The van der Waals surface area contributed by atoms with E-state index >= 15 is 0 Å². The first-order chi connectivity index (χ1) is 10.8. The largest absolute Gasteiger partial charge is 0.355 e.